The van der Waals surface area contributed by atoms with E-state index in [1.165, 1.54) is 0 Å². The van der Waals surface area contributed by atoms with E-state index in [0.29, 0.717) is 49.3 Å². The number of nitrogens with zero attached hydrogens (tertiary/aromatic N) is 2. The largest absolute Gasteiger partial charge is 0.477 e. The Morgan fingerprint density at radius 3 is 2.70 bits per heavy atom. The molecule has 4 rings (SSSR count). The summed E-state index contributed by atoms with van der Waals surface area (Å²) in [6.07, 6.45) is -0.672. The highest BCUT2D eigenvalue weighted by Crippen LogP contribution is 2.33. The minimum Gasteiger partial charge on any atom is -0.477 e. The summed E-state index contributed by atoms with van der Waals surface area (Å²) in [5, 5.41) is 3.35. The number of hydrogen-bond acceptors (Lipinski definition) is 5. The Hall–Kier alpha value is -2.77. The fourth-order valence-electron chi connectivity index (χ4n) is 3.66. The molecule has 2 aromatic carbocycles. The number of carbonyl (C=O) groups is 2. The first-order valence-corrected chi connectivity index (χ1v) is 10.3. The Labute approximate surface area is 180 Å². The van der Waals surface area contributed by atoms with Crippen LogP contribution in [-0.2, 0) is 14.3 Å². The van der Waals surface area contributed by atoms with Crippen LogP contribution in [-0.4, -0.2) is 62.2 Å². The molecule has 2 amide bonds. The summed E-state index contributed by atoms with van der Waals surface area (Å²) < 4.78 is 11.3. The van der Waals surface area contributed by atoms with Crippen molar-refractivity contribution in [1.82, 2.24) is 4.90 Å². The maximum Gasteiger partial charge on any atom is 0.265 e. The molecular weight excluding hydrogens is 406 g/mol. The van der Waals surface area contributed by atoms with Gasteiger partial charge in [-0.3, -0.25) is 9.59 Å². The molecule has 0 spiro atoms. The van der Waals surface area contributed by atoms with Crippen molar-refractivity contribution in [2.24, 2.45) is 0 Å². The van der Waals surface area contributed by atoms with Gasteiger partial charge in [0.15, 0.2) is 6.10 Å². The van der Waals surface area contributed by atoms with Crippen LogP contribution in [0.4, 0.5) is 11.4 Å². The number of halogens is 1. The van der Waals surface area contributed by atoms with Gasteiger partial charge in [0.25, 0.3) is 5.91 Å². The standard InChI is InChI=1S/C22H24ClN3O4/c1-15-6-7-17(16(23)12-15)24-21(27)14-26-13-20(22(28)25-8-10-29-11-9-25)30-19-5-3-2-4-18(19)26/h2-7,12,20H,8-11,13-14H2,1H3,(H,24,27)/t20-/m1/s1. The Kier molecular flexibility index (Phi) is 6.11. The van der Waals surface area contributed by atoms with Gasteiger partial charge in [-0.25, -0.2) is 0 Å². The van der Waals surface area contributed by atoms with Gasteiger partial charge in [-0.05, 0) is 36.8 Å². The molecule has 1 atom stereocenters. The number of rotatable bonds is 4. The number of nitrogens with one attached hydrogen (secondary N) is 1. The van der Waals surface area contributed by atoms with Gasteiger partial charge in [0.2, 0.25) is 5.91 Å². The SMILES string of the molecule is Cc1ccc(NC(=O)CN2C[C@H](C(=O)N3CCOCC3)Oc3ccccc32)c(Cl)c1. The Bertz CT molecular complexity index is 946. The van der Waals surface area contributed by atoms with Gasteiger partial charge in [-0.2, -0.15) is 0 Å². The molecule has 2 aliphatic rings. The van der Waals surface area contributed by atoms with Crippen LogP contribution in [0, 0.1) is 6.92 Å². The van der Waals surface area contributed by atoms with E-state index >= 15 is 0 Å². The molecule has 2 aliphatic heterocycles. The van der Waals surface area contributed by atoms with E-state index < -0.39 is 6.10 Å². The maximum atomic E-state index is 13.0. The van der Waals surface area contributed by atoms with Gasteiger partial charge >= 0.3 is 0 Å². The van der Waals surface area contributed by atoms with Crippen LogP contribution < -0.4 is 15.0 Å². The number of anilines is 2. The molecular formula is C22H24ClN3O4. The van der Waals surface area contributed by atoms with Gasteiger partial charge in [-0.1, -0.05) is 29.8 Å². The van der Waals surface area contributed by atoms with E-state index in [1.54, 1.807) is 17.0 Å². The van der Waals surface area contributed by atoms with E-state index in [0.717, 1.165) is 11.3 Å². The zero-order valence-electron chi connectivity index (χ0n) is 16.8. The summed E-state index contributed by atoms with van der Waals surface area (Å²) in [6.45, 7) is 4.46. The third-order valence-electron chi connectivity index (χ3n) is 5.19. The zero-order chi connectivity index (χ0) is 21.1. The molecule has 0 bridgehead atoms. The Morgan fingerprint density at radius 1 is 1.17 bits per heavy atom. The molecule has 2 heterocycles. The number of ether oxygens (including phenoxy) is 2. The normalized spacial score (nSPS) is 18.4. The van der Waals surface area contributed by atoms with Crippen LogP contribution in [0.2, 0.25) is 5.02 Å². The summed E-state index contributed by atoms with van der Waals surface area (Å²) in [7, 11) is 0. The molecule has 0 unspecified atom stereocenters. The zero-order valence-corrected chi connectivity index (χ0v) is 17.5. The van der Waals surface area contributed by atoms with Gasteiger partial charge in [-0.15, -0.1) is 0 Å². The second-order valence-electron chi connectivity index (χ2n) is 7.42. The lowest BCUT2D eigenvalue weighted by Crippen LogP contribution is -2.53. The van der Waals surface area contributed by atoms with E-state index in [2.05, 4.69) is 5.32 Å². The second kappa shape index (κ2) is 8.93. The number of benzene rings is 2. The highest BCUT2D eigenvalue weighted by molar-refractivity contribution is 6.33. The minimum atomic E-state index is -0.672. The van der Waals surface area contributed by atoms with Crippen molar-refractivity contribution in [1.29, 1.82) is 0 Å². The lowest BCUT2D eigenvalue weighted by Gasteiger charge is -2.38. The first-order chi connectivity index (χ1) is 14.5. The van der Waals surface area contributed by atoms with Crippen LogP contribution in [0.15, 0.2) is 42.5 Å². The quantitative estimate of drug-likeness (QED) is 0.809. The molecule has 0 radical (unpaired) electrons. The van der Waals surface area contributed by atoms with Gasteiger partial charge in [0.1, 0.15) is 5.75 Å². The average molecular weight is 430 g/mol. The second-order valence-corrected chi connectivity index (χ2v) is 7.83. The number of fused-ring (bicyclic) bond motifs is 1. The van der Waals surface area contributed by atoms with E-state index in [1.807, 2.05) is 42.2 Å². The smallest absolute Gasteiger partial charge is 0.265 e. The van der Waals surface area contributed by atoms with Crippen molar-refractivity contribution in [2.45, 2.75) is 13.0 Å². The van der Waals surface area contributed by atoms with Crippen molar-refractivity contribution < 1.29 is 19.1 Å². The molecule has 30 heavy (non-hydrogen) atoms. The summed E-state index contributed by atoms with van der Waals surface area (Å²) in [5.74, 6) is 0.298. The van der Waals surface area contributed by atoms with Crippen molar-refractivity contribution in [3.05, 3.63) is 53.1 Å². The molecule has 0 saturated carbocycles. The third-order valence-corrected chi connectivity index (χ3v) is 5.51. The highest BCUT2D eigenvalue weighted by Gasteiger charge is 2.34. The number of para-hydroxylation sites is 2. The number of aryl methyl sites for hydroxylation is 1. The Balaban J connectivity index is 1.49. The predicted octanol–water partition coefficient (Wildman–Crippen LogP) is 2.71. The van der Waals surface area contributed by atoms with Gasteiger partial charge in [0.05, 0.1) is 42.7 Å². The summed E-state index contributed by atoms with van der Waals surface area (Å²) in [5.41, 5.74) is 2.37. The fraction of sp³-hybridized carbons (Fsp3) is 0.364. The topological polar surface area (TPSA) is 71.1 Å². The summed E-state index contributed by atoms with van der Waals surface area (Å²) >= 11 is 6.24. The predicted molar refractivity (Wildman–Crippen MR) is 115 cm³/mol. The van der Waals surface area contributed by atoms with Crippen molar-refractivity contribution >= 4 is 34.8 Å². The molecule has 1 N–H and O–H groups in total. The monoisotopic (exact) mass is 429 g/mol. The van der Waals surface area contributed by atoms with Crippen molar-refractivity contribution in [2.75, 3.05) is 49.6 Å². The molecule has 2 aromatic rings. The number of morpholine rings is 1. The van der Waals surface area contributed by atoms with Crippen LogP contribution >= 0.6 is 11.6 Å². The summed E-state index contributed by atoms with van der Waals surface area (Å²) in [6, 6.07) is 12.9. The number of hydrogen-bond donors (Lipinski definition) is 1. The fourth-order valence-corrected chi connectivity index (χ4v) is 3.94. The molecule has 158 valence electrons. The highest BCUT2D eigenvalue weighted by atomic mass is 35.5. The molecule has 1 fully saturated rings. The first kappa shape index (κ1) is 20.5. The van der Waals surface area contributed by atoms with Gasteiger partial charge < -0.3 is 24.6 Å². The molecule has 0 aliphatic carbocycles. The van der Waals surface area contributed by atoms with Crippen LogP contribution in [0.1, 0.15) is 5.56 Å². The number of carbonyl (C=O) groups excluding carboxylic acids is 2. The lowest BCUT2D eigenvalue weighted by molar-refractivity contribution is -0.142. The van der Waals surface area contributed by atoms with Crippen molar-refractivity contribution in [3.8, 4) is 5.75 Å². The van der Waals surface area contributed by atoms with Crippen LogP contribution in [0.25, 0.3) is 0 Å². The average Bonchev–Trinajstić information content (AvgIpc) is 2.75. The van der Waals surface area contributed by atoms with E-state index in [9.17, 15) is 9.59 Å². The molecule has 0 aromatic heterocycles. The van der Waals surface area contributed by atoms with Crippen LogP contribution in [0.5, 0.6) is 5.75 Å². The molecule has 8 heteroatoms. The first-order valence-electron chi connectivity index (χ1n) is 9.94. The van der Waals surface area contributed by atoms with Crippen molar-refractivity contribution in [3.63, 3.8) is 0 Å². The molecule has 1 saturated heterocycles. The minimum absolute atomic E-state index is 0.0808. The Morgan fingerprint density at radius 2 is 1.93 bits per heavy atom. The third kappa shape index (κ3) is 4.52. The van der Waals surface area contributed by atoms with E-state index in [4.69, 9.17) is 21.1 Å². The van der Waals surface area contributed by atoms with Gasteiger partial charge in [0, 0.05) is 13.1 Å². The molecule has 7 nitrogen and oxygen atoms in total. The van der Waals surface area contributed by atoms with Crippen LogP contribution in [0.3, 0.4) is 0 Å². The number of amides is 2. The summed E-state index contributed by atoms with van der Waals surface area (Å²) in [4.78, 5) is 29.3. The maximum absolute atomic E-state index is 13.0. The lowest BCUT2D eigenvalue weighted by atomic mass is 10.1. The van der Waals surface area contributed by atoms with E-state index in [-0.39, 0.29) is 18.4 Å².